The average Bonchev–Trinajstić information content (AvgIpc) is 2.95. The molecule has 1 saturated heterocycles. The van der Waals surface area contributed by atoms with Crippen molar-refractivity contribution in [1.82, 2.24) is 10.2 Å². The highest BCUT2D eigenvalue weighted by Crippen LogP contribution is 2.36. The zero-order valence-corrected chi connectivity index (χ0v) is 13.8. The molecule has 0 radical (unpaired) electrons. The number of hydrogen-bond acceptors (Lipinski definition) is 2. The van der Waals surface area contributed by atoms with Crippen LogP contribution < -0.4 is 10.6 Å². The van der Waals surface area contributed by atoms with Gasteiger partial charge in [-0.05, 0) is 24.6 Å². The van der Waals surface area contributed by atoms with Crippen molar-refractivity contribution in [3.8, 4) is 0 Å². The van der Waals surface area contributed by atoms with Gasteiger partial charge in [0.1, 0.15) is 5.88 Å². The summed E-state index contributed by atoms with van der Waals surface area (Å²) in [7, 11) is 0. The number of urea groups is 1. The van der Waals surface area contributed by atoms with Crippen molar-refractivity contribution in [3.63, 3.8) is 0 Å². The fourth-order valence-corrected chi connectivity index (χ4v) is 2.76. The van der Waals surface area contributed by atoms with Crippen LogP contribution in [0.4, 0.5) is 23.7 Å². The fourth-order valence-electron chi connectivity index (χ4n) is 2.36. The van der Waals surface area contributed by atoms with E-state index in [1.54, 1.807) is 0 Å². The average molecular weight is 384 g/mol. The summed E-state index contributed by atoms with van der Waals surface area (Å²) in [5.41, 5.74) is -1.06. The molecule has 0 aliphatic carbocycles. The van der Waals surface area contributed by atoms with Gasteiger partial charge in [-0.3, -0.25) is 4.79 Å². The molecule has 2 N–H and O–H groups in total. The molecule has 1 aliphatic heterocycles. The molecule has 1 heterocycles. The second kappa shape index (κ2) is 7.48. The Morgan fingerprint density at radius 1 is 1.33 bits per heavy atom. The predicted octanol–water partition coefficient (Wildman–Crippen LogP) is 3.32. The molecule has 132 valence electrons. The minimum atomic E-state index is -4.61. The third-order valence-electron chi connectivity index (χ3n) is 3.52. The molecule has 1 atom stereocenters. The lowest BCUT2D eigenvalue weighted by Crippen LogP contribution is -2.40. The number of halogens is 5. The normalized spacial score (nSPS) is 17.7. The van der Waals surface area contributed by atoms with Crippen LogP contribution in [-0.2, 0) is 11.0 Å². The van der Waals surface area contributed by atoms with Gasteiger partial charge in [0.25, 0.3) is 0 Å². The van der Waals surface area contributed by atoms with Crippen molar-refractivity contribution in [3.05, 3.63) is 28.8 Å². The number of carbonyl (C=O) groups is 2. The van der Waals surface area contributed by atoms with E-state index in [0.717, 1.165) is 12.1 Å². The summed E-state index contributed by atoms with van der Waals surface area (Å²) in [4.78, 5) is 24.9. The third-order valence-corrected chi connectivity index (χ3v) is 4.08. The number of hydrogen-bond donors (Lipinski definition) is 2. The Labute approximate surface area is 146 Å². The molecule has 5 nitrogen and oxygen atoms in total. The second-order valence-corrected chi connectivity index (χ2v) is 5.92. The van der Waals surface area contributed by atoms with Crippen LogP contribution in [0.2, 0.25) is 5.02 Å². The van der Waals surface area contributed by atoms with E-state index in [0.29, 0.717) is 19.5 Å². The molecule has 1 aromatic carbocycles. The molecule has 0 unspecified atom stereocenters. The van der Waals surface area contributed by atoms with E-state index >= 15 is 0 Å². The molecule has 1 fully saturated rings. The third kappa shape index (κ3) is 4.67. The van der Waals surface area contributed by atoms with Gasteiger partial charge in [0.2, 0.25) is 5.91 Å². The molecule has 0 spiro atoms. The van der Waals surface area contributed by atoms with Crippen molar-refractivity contribution in [2.24, 2.45) is 0 Å². The van der Waals surface area contributed by atoms with E-state index in [1.807, 2.05) is 0 Å². The Hall–Kier alpha value is -1.67. The van der Waals surface area contributed by atoms with Crippen molar-refractivity contribution in [1.29, 1.82) is 0 Å². The van der Waals surface area contributed by atoms with Crippen molar-refractivity contribution < 1.29 is 22.8 Å². The molecule has 1 aliphatic rings. The van der Waals surface area contributed by atoms with Crippen LogP contribution in [0.25, 0.3) is 0 Å². The zero-order chi connectivity index (χ0) is 17.9. The molecule has 24 heavy (non-hydrogen) atoms. The first-order valence-electron chi connectivity index (χ1n) is 6.98. The zero-order valence-electron chi connectivity index (χ0n) is 12.3. The monoisotopic (exact) mass is 383 g/mol. The van der Waals surface area contributed by atoms with Gasteiger partial charge in [-0.15, -0.1) is 11.6 Å². The van der Waals surface area contributed by atoms with E-state index in [4.69, 9.17) is 23.2 Å². The molecule has 2 rings (SSSR count). The predicted molar refractivity (Wildman–Crippen MR) is 84.3 cm³/mol. The van der Waals surface area contributed by atoms with Gasteiger partial charge in [0.05, 0.1) is 10.6 Å². The first-order valence-corrected chi connectivity index (χ1v) is 7.90. The summed E-state index contributed by atoms with van der Waals surface area (Å²) < 4.78 is 38.4. The molecule has 0 saturated carbocycles. The van der Waals surface area contributed by atoms with Crippen LogP contribution in [0, 0.1) is 0 Å². The van der Waals surface area contributed by atoms with E-state index in [9.17, 15) is 22.8 Å². The molecular formula is C14H14Cl2F3N3O2. The molecular weight excluding hydrogens is 370 g/mol. The van der Waals surface area contributed by atoms with Crippen molar-refractivity contribution in [2.45, 2.75) is 18.6 Å². The lowest BCUT2D eigenvalue weighted by Gasteiger charge is -2.17. The van der Waals surface area contributed by atoms with E-state index in [-0.39, 0.29) is 23.5 Å². The lowest BCUT2D eigenvalue weighted by atomic mass is 10.2. The van der Waals surface area contributed by atoms with Crippen LogP contribution in [0.5, 0.6) is 0 Å². The summed E-state index contributed by atoms with van der Waals surface area (Å²) in [6.07, 6.45) is -4.07. The highest BCUT2D eigenvalue weighted by Gasteiger charge is 2.33. The minimum Gasteiger partial charge on any atom is -0.340 e. The fraction of sp³-hybridized carbons (Fsp3) is 0.429. The maximum absolute atomic E-state index is 12.8. The highest BCUT2D eigenvalue weighted by atomic mass is 35.5. The SMILES string of the molecule is O=C(Nc1ccc(Cl)c(C(F)(F)F)c1)N[C@@H]1CCN(C(=O)CCl)C1. The number of carbonyl (C=O) groups excluding carboxylic acids is 2. The van der Waals surface area contributed by atoms with Gasteiger partial charge < -0.3 is 15.5 Å². The number of rotatable bonds is 3. The minimum absolute atomic E-state index is 0.0316. The van der Waals surface area contributed by atoms with Gasteiger partial charge in [-0.1, -0.05) is 11.6 Å². The number of nitrogens with zero attached hydrogens (tertiary/aromatic N) is 1. The van der Waals surface area contributed by atoms with Crippen molar-refractivity contribution in [2.75, 3.05) is 24.3 Å². The van der Waals surface area contributed by atoms with E-state index in [1.165, 1.54) is 11.0 Å². The van der Waals surface area contributed by atoms with Crippen LogP contribution in [0.15, 0.2) is 18.2 Å². The van der Waals surface area contributed by atoms with Crippen LogP contribution in [0.1, 0.15) is 12.0 Å². The van der Waals surface area contributed by atoms with Gasteiger partial charge in [-0.2, -0.15) is 13.2 Å². The van der Waals surface area contributed by atoms with Crippen LogP contribution >= 0.6 is 23.2 Å². The molecule has 10 heteroatoms. The Balaban J connectivity index is 1.95. The molecule has 3 amide bonds. The number of benzene rings is 1. The maximum atomic E-state index is 12.8. The summed E-state index contributed by atoms with van der Waals surface area (Å²) in [5.74, 6) is -0.363. The summed E-state index contributed by atoms with van der Waals surface area (Å²) >= 11 is 11.0. The number of anilines is 1. The lowest BCUT2D eigenvalue weighted by molar-refractivity contribution is -0.137. The Bertz CT molecular complexity index is 640. The number of nitrogens with one attached hydrogen (secondary N) is 2. The Morgan fingerprint density at radius 2 is 2.04 bits per heavy atom. The summed E-state index contributed by atoms with van der Waals surface area (Å²) in [6, 6.07) is 2.16. The number of likely N-dealkylation sites (tertiary alicyclic amines) is 1. The van der Waals surface area contributed by atoms with Gasteiger partial charge in [0.15, 0.2) is 0 Å². The maximum Gasteiger partial charge on any atom is 0.417 e. The quantitative estimate of drug-likeness (QED) is 0.786. The van der Waals surface area contributed by atoms with Crippen LogP contribution in [0.3, 0.4) is 0 Å². The summed E-state index contributed by atoms with van der Waals surface area (Å²) in [6.45, 7) is 0.781. The first-order chi connectivity index (χ1) is 11.2. The first kappa shape index (κ1) is 18.7. The highest BCUT2D eigenvalue weighted by molar-refractivity contribution is 6.31. The largest absolute Gasteiger partial charge is 0.417 e. The van der Waals surface area contributed by atoms with Gasteiger partial charge in [0, 0.05) is 24.8 Å². The second-order valence-electron chi connectivity index (χ2n) is 5.25. The van der Waals surface area contributed by atoms with Crippen molar-refractivity contribution >= 4 is 40.8 Å². The van der Waals surface area contributed by atoms with E-state index < -0.39 is 22.8 Å². The topological polar surface area (TPSA) is 61.4 Å². The molecule has 1 aromatic rings. The number of amides is 3. The Kier molecular flexibility index (Phi) is 5.82. The summed E-state index contributed by atoms with van der Waals surface area (Å²) in [5, 5.41) is 4.49. The van der Waals surface area contributed by atoms with E-state index in [2.05, 4.69) is 10.6 Å². The molecule has 0 aromatic heterocycles. The standard InChI is InChI=1S/C14H14Cl2F3N3O2/c15-6-12(23)22-4-3-9(7-22)21-13(24)20-8-1-2-11(16)10(5-8)14(17,18)19/h1-2,5,9H,3-4,6-7H2,(H2,20,21,24)/t9-/m1/s1. The number of alkyl halides is 4. The Morgan fingerprint density at radius 3 is 2.67 bits per heavy atom. The van der Waals surface area contributed by atoms with Crippen LogP contribution in [-0.4, -0.2) is 41.8 Å². The smallest absolute Gasteiger partial charge is 0.340 e. The van der Waals surface area contributed by atoms with Gasteiger partial charge >= 0.3 is 12.2 Å². The molecule has 0 bridgehead atoms. The van der Waals surface area contributed by atoms with Gasteiger partial charge in [-0.25, -0.2) is 4.79 Å².